The first kappa shape index (κ1) is 15.8. The Morgan fingerprint density at radius 1 is 1.21 bits per heavy atom. The molecule has 5 nitrogen and oxygen atoms in total. The van der Waals surface area contributed by atoms with Crippen molar-refractivity contribution in [3.8, 4) is 0 Å². The SMILES string of the molecule is CCN(CC)C(=O)CCNC(=O)N1CCC(C)CC1. The number of nitrogens with zero attached hydrogens (tertiary/aromatic N) is 2. The van der Waals surface area contributed by atoms with E-state index >= 15 is 0 Å². The van der Waals surface area contributed by atoms with Crippen molar-refractivity contribution in [2.45, 2.75) is 40.0 Å². The predicted octanol–water partition coefficient (Wildman–Crippen LogP) is 1.69. The number of amides is 3. The van der Waals surface area contributed by atoms with Gasteiger partial charge in [0.15, 0.2) is 0 Å². The molecule has 0 aromatic heterocycles. The van der Waals surface area contributed by atoms with Gasteiger partial charge in [0.1, 0.15) is 0 Å². The van der Waals surface area contributed by atoms with Gasteiger partial charge in [-0.05, 0) is 32.6 Å². The van der Waals surface area contributed by atoms with Crippen LogP contribution in [0.25, 0.3) is 0 Å². The van der Waals surface area contributed by atoms with Crippen LogP contribution in [0.4, 0.5) is 4.79 Å². The summed E-state index contributed by atoms with van der Waals surface area (Å²) in [6.07, 6.45) is 2.54. The fourth-order valence-corrected chi connectivity index (χ4v) is 2.33. The average molecular weight is 269 g/mol. The molecule has 19 heavy (non-hydrogen) atoms. The molecule has 0 aromatic carbocycles. The van der Waals surface area contributed by atoms with E-state index in [0.717, 1.165) is 39.0 Å². The molecule has 110 valence electrons. The van der Waals surface area contributed by atoms with Gasteiger partial charge in [-0.2, -0.15) is 0 Å². The molecule has 1 N–H and O–H groups in total. The molecule has 0 bridgehead atoms. The van der Waals surface area contributed by atoms with Gasteiger partial charge in [0.2, 0.25) is 5.91 Å². The van der Waals surface area contributed by atoms with Gasteiger partial charge < -0.3 is 15.1 Å². The Morgan fingerprint density at radius 2 is 1.79 bits per heavy atom. The fourth-order valence-electron chi connectivity index (χ4n) is 2.33. The summed E-state index contributed by atoms with van der Waals surface area (Å²) in [5.74, 6) is 0.825. The van der Waals surface area contributed by atoms with E-state index in [1.54, 1.807) is 4.90 Å². The van der Waals surface area contributed by atoms with Crippen molar-refractivity contribution in [2.24, 2.45) is 5.92 Å². The van der Waals surface area contributed by atoms with Crippen molar-refractivity contribution in [3.05, 3.63) is 0 Å². The Hall–Kier alpha value is -1.26. The maximum Gasteiger partial charge on any atom is 0.317 e. The lowest BCUT2D eigenvalue weighted by molar-refractivity contribution is -0.130. The van der Waals surface area contributed by atoms with E-state index in [2.05, 4.69) is 12.2 Å². The van der Waals surface area contributed by atoms with E-state index < -0.39 is 0 Å². The number of urea groups is 1. The highest BCUT2D eigenvalue weighted by Crippen LogP contribution is 2.15. The number of hydrogen-bond donors (Lipinski definition) is 1. The number of nitrogens with one attached hydrogen (secondary N) is 1. The van der Waals surface area contributed by atoms with Crippen molar-refractivity contribution in [1.82, 2.24) is 15.1 Å². The standard InChI is InChI=1S/C14H27N3O2/c1-4-16(5-2)13(18)6-9-15-14(19)17-10-7-12(3)8-11-17/h12H,4-11H2,1-3H3,(H,15,19). The monoisotopic (exact) mass is 269 g/mol. The van der Waals surface area contributed by atoms with E-state index in [-0.39, 0.29) is 11.9 Å². The maximum atomic E-state index is 11.9. The Balaban J connectivity index is 2.21. The minimum absolute atomic E-state index is 0.0285. The summed E-state index contributed by atoms with van der Waals surface area (Å²) in [5, 5.41) is 2.84. The number of carbonyl (C=O) groups is 2. The molecule has 0 unspecified atom stereocenters. The molecular formula is C14H27N3O2. The van der Waals surface area contributed by atoms with E-state index in [1.807, 2.05) is 18.7 Å². The summed E-state index contributed by atoms with van der Waals surface area (Å²) < 4.78 is 0. The van der Waals surface area contributed by atoms with Gasteiger partial charge in [0.05, 0.1) is 0 Å². The molecule has 0 aromatic rings. The molecule has 0 spiro atoms. The van der Waals surface area contributed by atoms with E-state index in [9.17, 15) is 9.59 Å². The van der Waals surface area contributed by atoms with Crippen LogP contribution in [0.3, 0.4) is 0 Å². The third-order valence-corrected chi connectivity index (χ3v) is 3.80. The van der Waals surface area contributed by atoms with E-state index in [1.165, 1.54) is 0 Å². The summed E-state index contributed by atoms with van der Waals surface area (Å²) >= 11 is 0. The van der Waals surface area contributed by atoms with Crippen molar-refractivity contribution in [2.75, 3.05) is 32.7 Å². The van der Waals surface area contributed by atoms with Crippen molar-refractivity contribution >= 4 is 11.9 Å². The van der Waals surface area contributed by atoms with Crippen LogP contribution in [0.15, 0.2) is 0 Å². The van der Waals surface area contributed by atoms with Crippen LogP contribution in [0.5, 0.6) is 0 Å². The lowest BCUT2D eigenvalue weighted by atomic mass is 10.00. The third-order valence-electron chi connectivity index (χ3n) is 3.80. The zero-order valence-corrected chi connectivity index (χ0v) is 12.4. The first-order valence-electron chi connectivity index (χ1n) is 7.39. The number of hydrogen-bond acceptors (Lipinski definition) is 2. The van der Waals surface area contributed by atoms with Crippen LogP contribution in [0.1, 0.15) is 40.0 Å². The summed E-state index contributed by atoms with van der Waals surface area (Å²) in [5.41, 5.74) is 0. The minimum atomic E-state index is -0.0285. The Bertz CT molecular complexity index is 295. The van der Waals surface area contributed by atoms with Crippen LogP contribution in [-0.4, -0.2) is 54.5 Å². The topological polar surface area (TPSA) is 52.7 Å². The zero-order chi connectivity index (χ0) is 14.3. The molecular weight excluding hydrogens is 242 g/mol. The molecule has 5 heteroatoms. The van der Waals surface area contributed by atoms with Gasteiger partial charge >= 0.3 is 6.03 Å². The summed E-state index contributed by atoms with van der Waals surface area (Å²) in [6, 6.07) is -0.0285. The second kappa shape index (κ2) is 8.02. The molecule has 1 aliphatic heterocycles. The number of rotatable bonds is 5. The molecule has 1 heterocycles. The van der Waals surface area contributed by atoms with Gasteiger partial charge in [-0.15, -0.1) is 0 Å². The maximum absolute atomic E-state index is 11.9. The highest BCUT2D eigenvalue weighted by molar-refractivity contribution is 5.78. The second-order valence-corrected chi connectivity index (χ2v) is 5.22. The highest BCUT2D eigenvalue weighted by atomic mass is 16.2. The Kier molecular flexibility index (Phi) is 6.67. The molecule has 1 saturated heterocycles. The van der Waals surface area contributed by atoms with Crippen molar-refractivity contribution in [1.29, 1.82) is 0 Å². The van der Waals surface area contributed by atoms with Crippen LogP contribution < -0.4 is 5.32 Å². The molecule has 0 saturated carbocycles. The minimum Gasteiger partial charge on any atom is -0.343 e. The quantitative estimate of drug-likeness (QED) is 0.825. The van der Waals surface area contributed by atoms with Crippen LogP contribution in [-0.2, 0) is 4.79 Å². The summed E-state index contributed by atoms with van der Waals surface area (Å²) in [6.45, 7) is 9.70. The van der Waals surface area contributed by atoms with Gasteiger partial charge in [-0.25, -0.2) is 4.79 Å². The lowest BCUT2D eigenvalue weighted by Gasteiger charge is -2.30. The van der Waals surface area contributed by atoms with Crippen molar-refractivity contribution in [3.63, 3.8) is 0 Å². The van der Waals surface area contributed by atoms with Crippen LogP contribution in [0.2, 0.25) is 0 Å². The van der Waals surface area contributed by atoms with Gasteiger partial charge in [0.25, 0.3) is 0 Å². The Labute approximate surface area is 116 Å². The van der Waals surface area contributed by atoms with Crippen LogP contribution >= 0.6 is 0 Å². The first-order valence-corrected chi connectivity index (χ1v) is 7.39. The molecule has 1 fully saturated rings. The first-order chi connectivity index (χ1) is 9.08. The average Bonchev–Trinajstić information content (AvgIpc) is 2.40. The molecule has 0 radical (unpaired) electrons. The normalized spacial score (nSPS) is 16.3. The highest BCUT2D eigenvalue weighted by Gasteiger charge is 2.20. The molecule has 1 aliphatic rings. The second-order valence-electron chi connectivity index (χ2n) is 5.22. The smallest absolute Gasteiger partial charge is 0.317 e. The van der Waals surface area contributed by atoms with Gasteiger partial charge in [-0.1, -0.05) is 6.92 Å². The number of piperidine rings is 1. The van der Waals surface area contributed by atoms with E-state index in [0.29, 0.717) is 18.9 Å². The van der Waals surface area contributed by atoms with Crippen molar-refractivity contribution < 1.29 is 9.59 Å². The Morgan fingerprint density at radius 3 is 2.32 bits per heavy atom. The fraction of sp³-hybridized carbons (Fsp3) is 0.857. The van der Waals surface area contributed by atoms with Gasteiger partial charge in [-0.3, -0.25) is 4.79 Å². The zero-order valence-electron chi connectivity index (χ0n) is 12.4. The third kappa shape index (κ3) is 5.09. The summed E-state index contributed by atoms with van der Waals surface area (Å²) in [7, 11) is 0. The number of likely N-dealkylation sites (tertiary alicyclic amines) is 1. The molecule has 0 atom stereocenters. The summed E-state index contributed by atoms with van der Waals surface area (Å²) in [4.78, 5) is 27.3. The predicted molar refractivity (Wildman–Crippen MR) is 75.9 cm³/mol. The number of carbonyl (C=O) groups excluding carboxylic acids is 2. The van der Waals surface area contributed by atoms with Gasteiger partial charge in [0, 0.05) is 39.1 Å². The van der Waals surface area contributed by atoms with E-state index in [4.69, 9.17) is 0 Å². The molecule has 3 amide bonds. The lowest BCUT2D eigenvalue weighted by Crippen LogP contribution is -2.45. The molecule has 0 aliphatic carbocycles. The van der Waals surface area contributed by atoms with Crippen LogP contribution in [0, 0.1) is 5.92 Å². The molecule has 1 rings (SSSR count). The largest absolute Gasteiger partial charge is 0.343 e.